The Kier molecular flexibility index (Phi) is 3.91. The summed E-state index contributed by atoms with van der Waals surface area (Å²) in [6.07, 6.45) is 0. The van der Waals surface area contributed by atoms with Crippen LogP contribution in [0.25, 0.3) is 11.1 Å². The number of methoxy groups -OCH3 is 1. The summed E-state index contributed by atoms with van der Waals surface area (Å²) < 4.78 is 5.24. The molecule has 0 aliphatic rings. The second-order valence-electron chi connectivity index (χ2n) is 4.44. The van der Waals surface area contributed by atoms with Crippen LogP contribution in [-0.2, 0) is 0 Å². The van der Waals surface area contributed by atoms with E-state index < -0.39 is 0 Å². The lowest BCUT2D eigenvalue weighted by atomic mass is 10.0. The second-order valence-corrected chi connectivity index (χ2v) is 4.84. The monoisotopic (exact) mass is 274 g/mol. The van der Waals surface area contributed by atoms with Gasteiger partial charge in [0.05, 0.1) is 12.1 Å². The first-order valence-corrected chi connectivity index (χ1v) is 6.36. The maximum atomic E-state index is 11.4. The Hall–Kier alpha value is -1.80. The van der Waals surface area contributed by atoms with Crippen molar-refractivity contribution in [3.8, 4) is 16.9 Å². The fourth-order valence-electron chi connectivity index (χ4n) is 2.04. The molecule has 0 aliphatic heterocycles. The SMILES string of the molecule is COc1ccc(-c2ccc(C(C)=O)c(Cl)c2)cc1C. The van der Waals surface area contributed by atoms with Crippen LogP contribution < -0.4 is 4.74 Å². The van der Waals surface area contributed by atoms with E-state index in [2.05, 4.69) is 0 Å². The fourth-order valence-corrected chi connectivity index (χ4v) is 2.35. The molecule has 0 bridgehead atoms. The van der Waals surface area contributed by atoms with Gasteiger partial charge in [0.1, 0.15) is 5.75 Å². The Labute approximate surface area is 118 Å². The van der Waals surface area contributed by atoms with Crippen LogP contribution in [0.4, 0.5) is 0 Å². The van der Waals surface area contributed by atoms with E-state index in [1.165, 1.54) is 6.92 Å². The predicted octanol–water partition coefficient (Wildman–Crippen LogP) is 4.53. The summed E-state index contributed by atoms with van der Waals surface area (Å²) >= 11 is 6.13. The summed E-state index contributed by atoms with van der Waals surface area (Å²) in [4.78, 5) is 11.4. The lowest BCUT2D eigenvalue weighted by Gasteiger charge is -2.09. The van der Waals surface area contributed by atoms with Crippen LogP contribution in [0.5, 0.6) is 5.75 Å². The minimum atomic E-state index is -0.0255. The van der Waals surface area contributed by atoms with Gasteiger partial charge in [0.25, 0.3) is 0 Å². The Morgan fingerprint density at radius 2 is 1.74 bits per heavy atom. The normalized spacial score (nSPS) is 10.3. The number of ether oxygens (including phenoxy) is 1. The van der Waals surface area contributed by atoms with Crippen molar-refractivity contribution in [2.24, 2.45) is 0 Å². The summed E-state index contributed by atoms with van der Waals surface area (Å²) in [5.41, 5.74) is 3.65. The van der Waals surface area contributed by atoms with Crippen LogP contribution in [0.2, 0.25) is 5.02 Å². The first-order valence-electron chi connectivity index (χ1n) is 5.98. The number of hydrogen-bond acceptors (Lipinski definition) is 2. The van der Waals surface area contributed by atoms with Gasteiger partial charge in [0.2, 0.25) is 0 Å². The molecule has 0 fully saturated rings. The summed E-state index contributed by atoms with van der Waals surface area (Å²) in [6.45, 7) is 3.51. The van der Waals surface area contributed by atoms with Gasteiger partial charge in [-0.1, -0.05) is 23.7 Å². The predicted molar refractivity (Wildman–Crippen MR) is 78.2 cm³/mol. The molecule has 0 aromatic heterocycles. The fraction of sp³-hybridized carbons (Fsp3) is 0.188. The molecule has 0 radical (unpaired) electrons. The van der Waals surface area contributed by atoms with E-state index in [9.17, 15) is 4.79 Å². The first-order chi connectivity index (χ1) is 9.02. The molecule has 98 valence electrons. The van der Waals surface area contributed by atoms with Crippen LogP contribution in [0.1, 0.15) is 22.8 Å². The summed E-state index contributed by atoms with van der Waals surface area (Å²) in [5, 5.41) is 0.485. The minimum Gasteiger partial charge on any atom is -0.496 e. The lowest BCUT2D eigenvalue weighted by molar-refractivity contribution is 0.101. The molecule has 0 aliphatic carbocycles. The van der Waals surface area contributed by atoms with Gasteiger partial charge in [0, 0.05) is 5.56 Å². The van der Waals surface area contributed by atoms with E-state index >= 15 is 0 Å². The van der Waals surface area contributed by atoms with Crippen molar-refractivity contribution in [1.29, 1.82) is 0 Å². The molecule has 0 saturated carbocycles. The number of aryl methyl sites for hydroxylation is 1. The first kappa shape index (κ1) is 13.6. The largest absolute Gasteiger partial charge is 0.496 e. The number of rotatable bonds is 3. The molecule has 0 unspecified atom stereocenters. The molecule has 0 atom stereocenters. The van der Waals surface area contributed by atoms with Crippen molar-refractivity contribution >= 4 is 17.4 Å². The number of ketones is 1. The smallest absolute Gasteiger partial charge is 0.161 e. The molecule has 2 aromatic carbocycles. The van der Waals surface area contributed by atoms with E-state index in [0.29, 0.717) is 10.6 Å². The minimum absolute atomic E-state index is 0.0255. The maximum Gasteiger partial charge on any atom is 0.161 e. The third kappa shape index (κ3) is 2.79. The van der Waals surface area contributed by atoms with E-state index in [0.717, 1.165) is 22.4 Å². The summed E-state index contributed by atoms with van der Waals surface area (Å²) in [6, 6.07) is 11.4. The van der Waals surface area contributed by atoms with Gasteiger partial charge in [-0.2, -0.15) is 0 Å². The van der Waals surface area contributed by atoms with Gasteiger partial charge in [0.15, 0.2) is 5.78 Å². The van der Waals surface area contributed by atoms with E-state index in [1.807, 2.05) is 37.3 Å². The van der Waals surface area contributed by atoms with E-state index in [1.54, 1.807) is 13.2 Å². The van der Waals surface area contributed by atoms with E-state index in [4.69, 9.17) is 16.3 Å². The Bertz CT molecular complexity index is 633. The van der Waals surface area contributed by atoms with Gasteiger partial charge >= 0.3 is 0 Å². The molecule has 2 nitrogen and oxygen atoms in total. The van der Waals surface area contributed by atoms with Crippen LogP contribution >= 0.6 is 11.6 Å². The standard InChI is InChI=1S/C16H15ClO2/c1-10-8-12(5-7-16(10)19-3)13-4-6-14(11(2)18)15(17)9-13/h4-9H,1-3H3. The second kappa shape index (κ2) is 5.45. The Morgan fingerprint density at radius 3 is 2.26 bits per heavy atom. The molecular weight excluding hydrogens is 260 g/mol. The highest BCUT2D eigenvalue weighted by Gasteiger charge is 2.08. The third-order valence-corrected chi connectivity index (χ3v) is 3.39. The number of hydrogen-bond donors (Lipinski definition) is 0. The summed E-state index contributed by atoms with van der Waals surface area (Å²) in [7, 11) is 1.65. The van der Waals surface area contributed by atoms with Gasteiger partial charge in [-0.05, 0) is 54.8 Å². The molecule has 19 heavy (non-hydrogen) atoms. The zero-order chi connectivity index (χ0) is 14.0. The van der Waals surface area contributed by atoms with Gasteiger partial charge in [-0.3, -0.25) is 4.79 Å². The highest BCUT2D eigenvalue weighted by molar-refractivity contribution is 6.34. The van der Waals surface area contributed by atoms with Crippen molar-refractivity contribution in [2.75, 3.05) is 7.11 Å². The Morgan fingerprint density at radius 1 is 1.11 bits per heavy atom. The van der Waals surface area contributed by atoms with Crippen LogP contribution in [0.15, 0.2) is 36.4 Å². The zero-order valence-corrected chi connectivity index (χ0v) is 11.9. The number of benzene rings is 2. The van der Waals surface area contributed by atoms with Crippen molar-refractivity contribution in [3.05, 3.63) is 52.5 Å². The molecule has 2 aromatic rings. The van der Waals surface area contributed by atoms with E-state index in [-0.39, 0.29) is 5.78 Å². The average Bonchev–Trinajstić information content (AvgIpc) is 2.38. The Balaban J connectivity index is 2.45. The molecule has 2 rings (SSSR count). The molecule has 0 amide bonds. The van der Waals surface area contributed by atoms with Crippen LogP contribution in [-0.4, -0.2) is 12.9 Å². The quantitative estimate of drug-likeness (QED) is 0.769. The van der Waals surface area contributed by atoms with Crippen molar-refractivity contribution in [3.63, 3.8) is 0 Å². The number of Topliss-reactive ketones (excluding diaryl/α,β-unsaturated/α-hetero) is 1. The van der Waals surface area contributed by atoms with Gasteiger partial charge in [-0.15, -0.1) is 0 Å². The third-order valence-electron chi connectivity index (χ3n) is 3.08. The maximum absolute atomic E-state index is 11.4. The number of halogens is 1. The highest BCUT2D eigenvalue weighted by Crippen LogP contribution is 2.29. The number of carbonyl (C=O) groups is 1. The zero-order valence-electron chi connectivity index (χ0n) is 11.2. The van der Waals surface area contributed by atoms with Crippen LogP contribution in [0.3, 0.4) is 0 Å². The molecular formula is C16H15ClO2. The van der Waals surface area contributed by atoms with Gasteiger partial charge in [-0.25, -0.2) is 0 Å². The molecule has 0 N–H and O–H groups in total. The molecule has 0 spiro atoms. The molecule has 3 heteroatoms. The van der Waals surface area contributed by atoms with Gasteiger partial charge < -0.3 is 4.74 Å². The lowest BCUT2D eigenvalue weighted by Crippen LogP contribution is -1.93. The molecule has 0 heterocycles. The number of carbonyl (C=O) groups excluding carboxylic acids is 1. The summed E-state index contributed by atoms with van der Waals surface area (Å²) in [5.74, 6) is 0.831. The molecule has 0 saturated heterocycles. The van der Waals surface area contributed by atoms with Crippen molar-refractivity contribution < 1.29 is 9.53 Å². The van der Waals surface area contributed by atoms with Crippen molar-refractivity contribution in [2.45, 2.75) is 13.8 Å². The van der Waals surface area contributed by atoms with Crippen LogP contribution in [0, 0.1) is 6.92 Å². The highest BCUT2D eigenvalue weighted by atomic mass is 35.5. The van der Waals surface area contributed by atoms with Crippen molar-refractivity contribution in [1.82, 2.24) is 0 Å². The topological polar surface area (TPSA) is 26.3 Å². The average molecular weight is 275 g/mol.